The molecule has 2 aromatic carbocycles. The molecule has 144 valence electrons. The van der Waals surface area contributed by atoms with Gasteiger partial charge in [0.1, 0.15) is 0 Å². The monoisotopic (exact) mass is 366 g/mol. The lowest BCUT2D eigenvalue weighted by molar-refractivity contribution is 0.0955. The van der Waals surface area contributed by atoms with Crippen molar-refractivity contribution in [1.82, 2.24) is 16.0 Å². The highest BCUT2D eigenvalue weighted by Gasteiger charge is 2.07. The van der Waals surface area contributed by atoms with Gasteiger partial charge in [0, 0.05) is 25.2 Å². The van der Waals surface area contributed by atoms with Crippen LogP contribution in [0.15, 0.2) is 59.6 Å². The molecule has 1 atom stereocenters. The van der Waals surface area contributed by atoms with Crippen molar-refractivity contribution in [3.8, 4) is 0 Å². The maximum Gasteiger partial charge on any atom is 0.251 e. The first-order valence-corrected chi connectivity index (χ1v) is 9.58. The molecular weight excluding hydrogens is 336 g/mol. The fourth-order valence-corrected chi connectivity index (χ4v) is 2.73. The summed E-state index contributed by atoms with van der Waals surface area (Å²) in [5.74, 6) is 1.12. The minimum absolute atomic E-state index is 0.0509. The Kier molecular flexibility index (Phi) is 8.36. The van der Waals surface area contributed by atoms with Crippen LogP contribution < -0.4 is 16.0 Å². The summed E-state index contributed by atoms with van der Waals surface area (Å²) in [5.41, 5.74) is 2.97. The molecule has 2 aromatic rings. The quantitative estimate of drug-likeness (QED) is 0.496. The average molecular weight is 367 g/mol. The highest BCUT2D eigenvalue weighted by molar-refractivity contribution is 5.94. The molecule has 1 unspecified atom stereocenters. The van der Waals surface area contributed by atoms with Gasteiger partial charge in [0.15, 0.2) is 5.96 Å². The van der Waals surface area contributed by atoms with Gasteiger partial charge >= 0.3 is 0 Å². The first kappa shape index (κ1) is 20.5. The third kappa shape index (κ3) is 6.77. The van der Waals surface area contributed by atoms with Crippen LogP contribution in [0.3, 0.4) is 0 Å². The van der Waals surface area contributed by atoms with E-state index in [4.69, 9.17) is 0 Å². The largest absolute Gasteiger partial charge is 0.357 e. The van der Waals surface area contributed by atoms with Gasteiger partial charge in [-0.15, -0.1) is 0 Å². The highest BCUT2D eigenvalue weighted by atomic mass is 16.1. The minimum Gasteiger partial charge on any atom is -0.357 e. The van der Waals surface area contributed by atoms with E-state index < -0.39 is 0 Å². The summed E-state index contributed by atoms with van der Waals surface area (Å²) in [6.07, 6.45) is 0. The Balaban J connectivity index is 1.98. The standard InChI is InChI=1S/C22H30N4O/c1-4-23-21(27)20-13-9-10-18(14-20)16-26-22(24-5-2)25-15-17(3)19-11-7-6-8-12-19/h6-14,17H,4-5,15-16H2,1-3H3,(H,23,27)(H2,24,25,26). The molecule has 3 N–H and O–H groups in total. The summed E-state index contributed by atoms with van der Waals surface area (Å²) in [7, 11) is 0. The van der Waals surface area contributed by atoms with Crippen LogP contribution in [0.1, 0.15) is 48.2 Å². The van der Waals surface area contributed by atoms with Crippen LogP contribution >= 0.6 is 0 Å². The summed E-state index contributed by atoms with van der Waals surface area (Å²) >= 11 is 0. The van der Waals surface area contributed by atoms with E-state index in [1.807, 2.05) is 44.2 Å². The Hall–Kier alpha value is -2.82. The Morgan fingerprint density at radius 3 is 2.41 bits per heavy atom. The highest BCUT2D eigenvalue weighted by Crippen LogP contribution is 2.13. The van der Waals surface area contributed by atoms with Crippen LogP contribution in [-0.4, -0.2) is 31.5 Å². The molecule has 0 radical (unpaired) electrons. The first-order valence-electron chi connectivity index (χ1n) is 9.58. The summed E-state index contributed by atoms with van der Waals surface area (Å²) in [6.45, 7) is 8.89. The summed E-state index contributed by atoms with van der Waals surface area (Å²) in [4.78, 5) is 16.6. The smallest absolute Gasteiger partial charge is 0.251 e. The van der Waals surface area contributed by atoms with Gasteiger partial charge in [-0.2, -0.15) is 0 Å². The third-order valence-electron chi connectivity index (χ3n) is 4.23. The molecule has 5 heteroatoms. The Bertz CT molecular complexity index is 743. The molecule has 0 aliphatic carbocycles. The van der Waals surface area contributed by atoms with E-state index in [1.165, 1.54) is 5.56 Å². The van der Waals surface area contributed by atoms with Crippen LogP contribution in [-0.2, 0) is 6.54 Å². The molecule has 2 rings (SSSR count). The Morgan fingerprint density at radius 2 is 1.70 bits per heavy atom. The molecule has 0 saturated heterocycles. The van der Waals surface area contributed by atoms with Crippen molar-refractivity contribution in [1.29, 1.82) is 0 Å². The van der Waals surface area contributed by atoms with E-state index in [0.717, 1.165) is 24.6 Å². The summed E-state index contributed by atoms with van der Waals surface area (Å²) in [5, 5.41) is 9.51. The van der Waals surface area contributed by atoms with Crippen molar-refractivity contribution in [2.75, 3.05) is 19.6 Å². The number of rotatable bonds is 8. The number of amides is 1. The van der Waals surface area contributed by atoms with E-state index in [-0.39, 0.29) is 5.91 Å². The van der Waals surface area contributed by atoms with E-state index in [2.05, 4.69) is 52.1 Å². The molecule has 0 saturated carbocycles. The van der Waals surface area contributed by atoms with Gasteiger partial charge in [0.25, 0.3) is 5.91 Å². The van der Waals surface area contributed by atoms with Gasteiger partial charge in [0.2, 0.25) is 0 Å². The van der Waals surface area contributed by atoms with Crippen molar-refractivity contribution in [2.45, 2.75) is 33.2 Å². The average Bonchev–Trinajstić information content (AvgIpc) is 2.71. The number of carbonyl (C=O) groups is 1. The SMILES string of the molecule is CCNC(=O)c1cccc(CN=C(NCC)NCC(C)c2ccccc2)c1. The van der Waals surface area contributed by atoms with E-state index >= 15 is 0 Å². The molecule has 1 amide bonds. The van der Waals surface area contributed by atoms with Crippen molar-refractivity contribution in [2.24, 2.45) is 4.99 Å². The van der Waals surface area contributed by atoms with Gasteiger partial charge in [-0.05, 0) is 43.0 Å². The fourth-order valence-electron chi connectivity index (χ4n) is 2.73. The molecule has 0 heterocycles. The zero-order valence-electron chi connectivity index (χ0n) is 16.5. The van der Waals surface area contributed by atoms with E-state index in [1.54, 1.807) is 0 Å². The predicted molar refractivity (Wildman–Crippen MR) is 112 cm³/mol. The van der Waals surface area contributed by atoms with Crippen LogP contribution in [0.2, 0.25) is 0 Å². The molecule has 0 aromatic heterocycles. The van der Waals surface area contributed by atoms with Crippen LogP contribution in [0.25, 0.3) is 0 Å². The minimum atomic E-state index is -0.0509. The van der Waals surface area contributed by atoms with Crippen LogP contribution in [0.5, 0.6) is 0 Å². The lowest BCUT2D eigenvalue weighted by Crippen LogP contribution is -2.39. The van der Waals surface area contributed by atoms with E-state index in [9.17, 15) is 4.79 Å². The molecular formula is C22H30N4O. The molecule has 0 fully saturated rings. The molecule has 0 spiro atoms. The molecule has 5 nitrogen and oxygen atoms in total. The number of hydrogen-bond donors (Lipinski definition) is 3. The predicted octanol–water partition coefficient (Wildman–Crippen LogP) is 3.30. The van der Waals surface area contributed by atoms with Gasteiger partial charge in [-0.1, -0.05) is 49.4 Å². The van der Waals surface area contributed by atoms with Crippen LogP contribution in [0.4, 0.5) is 0 Å². The van der Waals surface area contributed by atoms with Crippen LogP contribution in [0, 0.1) is 0 Å². The molecule has 27 heavy (non-hydrogen) atoms. The fraction of sp³-hybridized carbons (Fsp3) is 0.364. The molecule has 0 bridgehead atoms. The second kappa shape index (κ2) is 11.0. The number of hydrogen-bond acceptors (Lipinski definition) is 2. The second-order valence-corrected chi connectivity index (χ2v) is 6.45. The van der Waals surface area contributed by atoms with Gasteiger partial charge < -0.3 is 16.0 Å². The Labute approximate surface area is 162 Å². The molecule has 0 aliphatic rings. The number of nitrogens with one attached hydrogen (secondary N) is 3. The number of aliphatic imine (C=N–C) groups is 1. The summed E-state index contributed by atoms with van der Waals surface area (Å²) in [6, 6.07) is 18.0. The third-order valence-corrected chi connectivity index (χ3v) is 4.23. The van der Waals surface area contributed by atoms with Crippen molar-refractivity contribution in [3.05, 3.63) is 71.3 Å². The number of nitrogens with zero attached hydrogens (tertiary/aromatic N) is 1. The maximum absolute atomic E-state index is 12.0. The first-order chi connectivity index (χ1) is 13.1. The zero-order valence-corrected chi connectivity index (χ0v) is 16.5. The topological polar surface area (TPSA) is 65.5 Å². The lowest BCUT2D eigenvalue weighted by Gasteiger charge is -2.16. The van der Waals surface area contributed by atoms with Crippen molar-refractivity contribution < 1.29 is 4.79 Å². The number of benzene rings is 2. The lowest BCUT2D eigenvalue weighted by atomic mass is 10.0. The molecule has 0 aliphatic heterocycles. The normalized spacial score (nSPS) is 12.3. The van der Waals surface area contributed by atoms with Crippen molar-refractivity contribution in [3.63, 3.8) is 0 Å². The second-order valence-electron chi connectivity index (χ2n) is 6.45. The number of guanidine groups is 1. The Morgan fingerprint density at radius 1 is 0.963 bits per heavy atom. The zero-order chi connectivity index (χ0) is 19.5. The number of carbonyl (C=O) groups excluding carboxylic acids is 1. The summed E-state index contributed by atoms with van der Waals surface area (Å²) < 4.78 is 0. The van der Waals surface area contributed by atoms with Gasteiger partial charge in [0.05, 0.1) is 6.54 Å². The van der Waals surface area contributed by atoms with E-state index in [0.29, 0.717) is 24.6 Å². The van der Waals surface area contributed by atoms with Crippen molar-refractivity contribution >= 4 is 11.9 Å². The van der Waals surface area contributed by atoms with Gasteiger partial charge in [-0.25, -0.2) is 4.99 Å². The van der Waals surface area contributed by atoms with Gasteiger partial charge in [-0.3, -0.25) is 4.79 Å². The maximum atomic E-state index is 12.0.